The van der Waals surface area contributed by atoms with Gasteiger partial charge in [-0.15, -0.1) is 0 Å². The Labute approximate surface area is 46.7 Å². The van der Waals surface area contributed by atoms with Gasteiger partial charge < -0.3 is 0 Å². The van der Waals surface area contributed by atoms with Crippen LogP contribution in [0.25, 0.3) is 0 Å². The van der Waals surface area contributed by atoms with Crippen LogP contribution in [0.3, 0.4) is 0 Å². The first kappa shape index (κ1) is 8.20. The first-order valence-corrected chi connectivity index (χ1v) is 3.21. The van der Waals surface area contributed by atoms with E-state index in [4.69, 9.17) is 4.89 Å². The van der Waals surface area contributed by atoms with Crippen LogP contribution in [-0.2, 0) is 13.8 Å². The van der Waals surface area contributed by atoms with E-state index >= 15 is 0 Å². The van der Waals surface area contributed by atoms with E-state index in [1.807, 2.05) is 0 Å². The van der Waals surface area contributed by atoms with E-state index in [0.29, 0.717) is 0 Å². The highest BCUT2D eigenvalue weighted by atomic mass is 31.2. The molecule has 0 radical (unpaired) electrons. The van der Waals surface area contributed by atoms with Crippen molar-refractivity contribution in [2.45, 2.75) is 0 Å². The maximum Gasteiger partial charge on any atom is 0.608 e. The Bertz CT molecular complexity index is 56.8. The Morgan fingerprint density at radius 3 is 1.75 bits per heavy atom. The van der Waals surface area contributed by atoms with Crippen LogP contribution in [-0.4, -0.2) is 19.1 Å². The third kappa shape index (κ3) is 1.98. The van der Waals surface area contributed by atoms with Gasteiger partial charge in [-0.1, -0.05) is 0 Å². The second kappa shape index (κ2) is 3.27. The maximum atomic E-state index is 11.1. The number of hydrogen-bond acceptors (Lipinski definition) is 4. The summed E-state index contributed by atoms with van der Waals surface area (Å²) in [5.41, 5.74) is 0. The fourth-order valence-electron chi connectivity index (χ4n) is 0.131. The van der Waals surface area contributed by atoms with Gasteiger partial charge in [-0.05, 0) is 0 Å². The van der Waals surface area contributed by atoms with Crippen LogP contribution in [0.15, 0.2) is 0 Å². The maximum absolute atomic E-state index is 11.1. The predicted octanol–water partition coefficient (Wildman–Crippen LogP) is 0.850. The van der Waals surface area contributed by atoms with E-state index in [0.717, 1.165) is 14.2 Å². The van der Waals surface area contributed by atoms with Crippen LogP contribution in [0.5, 0.6) is 0 Å². The molecule has 0 aromatic carbocycles. The Kier molecular flexibility index (Phi) is 3.35. The summed E-state index contributed by atoms with van der Waals surface area (Å²) >= 11 is 0. The third-order valence-electron chi connectivity index (χ3n) is 0.549. The van der Waals surface area contributed by atoms with E-state index in [9.17, 15) is 4.53 Å². The zero-order valence-corrected chi connectivity index (χ0v) is 5.39. The molecule has 0 rings (SSSR count). The summed E-state index contributed by atoms with van der Waals surface area (Å²) in [7, 11) is -1.42. The van der Waals surface area contributed by atoms with Crippen LogP contribution in [0.2, 0.25) is 0 Å². The molecule has 0 saturated heterocycles. The molecule has 0 saturated carbocycles. The molecule has 4 nitrogen and oxygen atoms in total. The van der Waals surface area contributed by atoms with E-state index in [1.54, 1.807) is 0 Å². The van der Waals surface area contributed by atoms with E-state index in [1.165, 1.54) is 0 Å². The summed E-state index contributed by atoms with van der Waals surface area (Å²) < 4.78 is 22.2. The summed E-state index contributed by atoms with van der Waals surface area (Å²) in [4.78, 5) is 8.51. The Morgan fingerprint density at radius 2 is 1.75 bits per heavy atom. The van der Waals surface area contributed by atoms with Gasteiger partial charge in [0, 0.05) is 4.53 Å². The molecule has 8 heavy (non-hydrogen) atoms. The summed E-state index contributed by atoms with van der Waals surface area (Å²) in [5, 5.41) is 0. The van der Waals surface area contributed by atoms with Crippen LogP contribution in [0.4, 0.5) is 4.53 Å². The van der Waals surface area contributed by atoms with Crippen molar-refractivity contribution >= 4 is 8.17 Å². The summed E-state index contributed by atoms with van der Waals surface area (Å²) in [5.74, 6) is 0. The van der Waals surface area contributed by atoms with Crippen molar-refractivity contribution < 1.29 is 23.2 Å². The molecule has 0 aromatic rings. The molecule has 0 aliphatic heterocycles. The molecular weight excluding hydrogens is 138 g/mol. The quantitative estimate of drug-likeness (QED) is 0.598. The smallest absolute Gasteiger partial charge is 0.166 e. The van der Waals surface area contributed by atoms with Crippen LogP contribution in [0, 0.1) is 0 Å². The molecule has 0 amide bonds. The molecular formula is C2H7FO4P+. The van der Waals surface area contributed by atoms with Crippen molar-refractivity contribution in [2.75, 3.05) is 14.2 Å². The number of hydrogen-bond donors (Lipinski definition) is 1. The Morgan fingerprint density at radius 1 is 1.38 bits per heavy atom. The topological polar surface area (TPSA) is 47.9 Å². The van der Waals surface area contributed by atoms with Crippen molar-refractivity contribution in [2.24, 2.45) is 0 Å². The van der Waals surface area contributed by atoms with Gasteiger partial charge >= 0.3 is 8.17 Å². The largest absolute Gasteiger partial charge is 0.608 e. The molecule has 6 heteroatoms. The molecule has 0 aliphatic rings. The molecule has 0 bridgehead atoms. The molecule has 0 aromatic heterocycles. The zero-order chi connectivity index (χ0) is 6.62. The average molecular weight is 145 g/mol. The van der Waals surface area contributed by atoms with E-state index in [-0.39, 0.29) is 0 Å². The number of halogens is 1. The summed E-state index contributed by atoms with van der Waals surface area (Å²) in [6.45, 7) is 0. The van der Waals surface area contributed by atoms with Gasteiger partial charge in [0.1, 0.15) is 0 Å². The molecule has 0 fully saturated rings. The first-order valence-electron chi connectivity index (χ1n) is 1.72. The van der Waals surface area contributed by atoms with Crippen molar-refractivity contribution in [3.63, 3.8) is 0 Å². The third-order valence-corrected chi connectivity index (χ3v) is 1.65. The highest BCUT2D eigenvalue weighted by Crippen LogP contribution is 2.56. The van der Waals surface area contributed by atoms with E-state index < -0.39 is 8.17 Å². The second-order valence-electron chi connectivity index (χ2n) is 0.903. The highest BCUT2D eigenvalue weighted by Gasteiger charge is 2.43. The van der Waals surface area contributed by atoms with Gasteiger partial charge in [-0.25, -0.2) is 0 Å². The Hall–Kier alpha value is 0.200. The zero-order valence-electron chi connectivity index (χ0n) is 4.50. The SMILES string of the molecule is CO[P+](O)(OC)OF. The van der Waals surface area contributed by atoms with Gasteiger partial charge in [0.2, 0.25) is 0 Å². The fourth-order valence-corrected chi connectivity index (χ4v) is 0.393. The lowest BCUT2D eigenvalue weighted by Gasteiger charge is -2.01. The standard InChI is InChI=1S/C2H7FO4P/c1-5-8(4,6-2)7-3/h4H,1-2H3/q+1. The van der Waals surface area contributed by atoms with Crippen molar-refractivity contribution in [3.05, 3.63) is 0 Å². The molecule has 0 spiro atoms. The fraction of sp³-hybridized carbons (Fsp3) is 1.00. The Balaban J connectivity index is 3.58. The monoisotopic (exact) mass is 145 g/mol. The molecule has 0 aliphatic carbocycles. The molecule has 0 unspecified atom stereocenters. The van der Waals surface area contributed by atoms with Gasteiger partial charge in [-0.2, -0.15) is 13.9 Å². The van der Waals surface area contributed by atoms with Crippen molar-refractivity contribution in [1.29, 1.82) is 0 Å². The van der Waals surface area contributed by atoms with Crippen LogP contribution >= 0.6 is 8.17 Å². The van der Waals surface area contributed by atoms with Crippen LogP contribution in [0.1, 0.15) is 0 Å². The second-order valence-corrected chi connectivity index (χ2v) is 2.71. The normalized spacial score (nSPS) is 12.0. The predicted molar refractivity (Wildman–Crippen MR) is 25.3 cm³/mol. The molecule has 50 valence electrons. The van der Waals surface area contributed by atoms with E-state index in [2.05, 4.69) is 13.8 Å². The molecule has 0 heterocycles. The summed E-state index contributed by atoms with van der Waals surface area (Å²) in [6.07, 6.45) is 0. The van der Waals surface area contributed by atoms with Crippen LogP contribution < -0.4 is 0 Å². The van der Waals surface area contributed by atoms with Crippen molar-refractivity contribution in [1.82, 2.24) is 0 Å². The minimum atomic E-state index is -3.58. The van der Waals surface area contributed by atoms with Gasteiger partial charge in [0.15, 0.2) is 0 Å². The first-order chi connectivity index (χ1) is 3.68. The average Bonchev–Trinajstić information content (AvgIpc) is 1.87. The lowest BCUT2D eigenvalue weighted by molar-refractivity contribution is -0.0651. The van der Waals surface area contributed by atoms with Gasteiger partial charge in [0.05, 0.1) is 18.9 Å². The minimum absolute atomic E-state index is 1.08. The highest BCUT2D eigenvalue weighted by molar-refractivity contribution is 7.55. The van der Waals surface area contributed by atoms with Gasteiger partial charge in [-0.3, -0.25) is 0 Å². The lowest BCUT2D eigenvalue weighted by atomic mass is 11.8. The summed E-state index contributed by atoms with van der Waals surface area (Å²) in [6, 6.07) is 0. The lowest BCUT2D eigenvalue weighted by Crippen LogP contribution is -1.95. The van der Waals surface area contributed by atoms with Crippen molar-refractivity contribution in [3.8, 4) is 0 Å². The number of rotatable bonds is 3. The minimum Gasteiger partial charge on any atom is -0.166 e. The molecule has 0 atom stereocenters. The van der Waals surface area contributed by atoms with Gasteiger partial charge in [0.25, 0.3) is 0 Å². The molecule has 1 N–H and O–H groups in total.